The zero-order valence-electron chi connectivity index (χ0n) is 16.6. The minimum absolute atomic E-state index is 0.341. The fourth-order valence-electron chi connectivity index (χ4n) is 4.11. The normalized spacial score (nSPS) is 20.0. The summed E-state index contributed by atoms with van der Waals surface area (Å²) in [7, 11) is 0. The van der Waals surface area contributed by atoms with Crippen LogP contribution in [-0.4, -0.2) is 0 Å². The number of unbranched alkanes of at least 4 members (excludes halogenated alkanes) is 2. The van der Waals surface area contributed by atoms with Gasteiger partial charge in [-0.25, -0.2) is 13.2 Å². The van der Waals surface area contributed by atoms with Gasteiger partial charge in [0.2, 0.25) is 0 Å². The monoisotopic (exact) mass is 386 g/mol. The highest BCUT2D eigenvalue weighted by molar-refractivity contribution is 5.66. The number of allylic oxidation sites excluding steroid dienone is 1. The third-order valence-electron chi connectivity index (χ3n) is 5.90. The van der Waals surface area contributed by atoms with Crippen molar-refractivity contribution in [3.63, 3.8) is 0 Å². The van der Waals surface area contributed by atoms with Crippen LogP contribution in [0.15, 0.2) is 42.5 Å². The van der Waals surface area contributed by atoms with Gasteiger partial charge in [0.15, 0.2) is 17.5 Å². The highest BCUT2D eigenvalue weighted by Gasteiger charge is 2.19. The van der Waals surface area contributed by atoms with E-state index in [2.05, 4.69) is 19.1 Å². The Labute approximate surface area is 166 Å². The molecule has 2 aromatic carbocycles. The summed E-state index contributed by atoms with van der Waals surface area (Å²) >= 11 is 0. The van der Waals surface area contributed by atoms with Crippen molar-refractivity contribution in [2.45, 2.75) is 58.3 Å². The SMILES string of the molecule is CCCCCC1CCC(/C=C/c2ccc(-c3cc(F)c(F)c(F)c3)cc2)CC1. The highest BCUT2D eigenvalue weighted by atomic mass is 19.2. The van der Waals surface area contributed by atoms with E-state index in [4.69, 9.17) is 0 Å². The maximum atomic E-state index is 13.4. The second-order valence-corrected chi connectivity index (χ2v) is 8.01. The van der Waals surface area contributed by atoms with E-state index < -0.39 is 17.5 Å². The van der Waals surface area contributed by atoms with Gasteiger partial charge in [-0.05, 0) is 66.3 Å². The summed E-state index contributed by atoms with van der Waals surface area (Å²) in [6, 6.07) is 9.56. The van der Waals surface area contributed by atoms with Gasteiger partial charge in [-0.2, -0.15) is 0 Å². The van der Waals surface area contributed by atoms with Crippen molar-refractivity contribution in [3.8, 4) is 11.1 Å². The van der Waals surface area contributed by atoms with Crippen LogP contribution in [0.1, 0.15) is 63.9 Å². The highest BCUT2D eigenvalue weighted by Crippen LogP contribution is 2.33. The molecule has 1 aliphatic rings. The predicted molar refractivity (Wildman–Crippen MR) is 110 cm³/mol. The van der Waals surface area contributed by atoms with Crippen molar-refractivity contribution in [2.24, 2.45) is 11.8 Å². The summed E-state index contributed by atoms with van der Waals surface area (Å²) < 4.78 is 39.9. The summed E-state index contributed by atoms with van der Waals surface area (Å²) in [5, 5.41) is 0. The van der Waals surface area contributed by atoms with E-state index in [1.54, 1.807) is 0 Å². The first kappa shape index (κ1) is 20.7. The number of benzene rings is 2. The van der Waals surface area contributed by atoms with E-state index in [0.29, 0.717) is 17.0 Å². The van der Waals surface area contributed by atoms with Crippen molar-refractivity contribution in [1.29, 1.82) is 0 Å². The molecule has 0 bridgehead atoms. The van der Waals surface area contributed by atoms with Gasteiger partial charge < -0.3 is 0 Å². The van der Waals surface area contributed by atoms with Gasteiger partial charge >= 0.3 is 0 Å². The lowest BCUT2D eigenvalue weighted by molar-refractivity contribution is 0.290. The summed E-state index contributed by atoms with van der Waals surface area (Å²) in [5.41, 5.74) is 2.08. The van der Waals surface area contributed by atoms with Crippen LogP contribution in [0.25, 0.3) is 17.2 Å². The Morgan fingerprint density at radius 2 is 1.50 bits per heavy atom. The van der Waals surface area contributed by atoms with Crippen LogP contribution in [0.4, 0.5) is 13.2 Å². The molecule has 2 aromatic rings. The summed E-state index contributed by atoms with van der Waals surface area (Å²) in [6.07, 6.45) is 15.0. The van der Waals surface area contributed by atoms with Gasteiger partial charge in [0.05, 0.1) is 0 Å². The molecule has 0 aliphatic heterocycles. The first-order valence-electron chi connectivity index (χ1n) is 10.5. The minimum Gasteiger partial charge on any atom is -0.204 e. The molecule has 0 amide bonds. The topological polar surface area (TPSA) is 0 Å². The maximum Gasteiger partial charge on any atom is 0.194 e. The molecule has 0 heterocycles. The standard InChI is InChI=1S/C25H29F3/c1-2-3-4-5-18-6-8-19(9-7-18)10-11-20-12-14-21(15-13-20)22-16-23(26)25(28)24(27)17-22/h10-19H,2-9H2,1H3/b11-10+. The van der Waals surface area contributed by atoms with Crippen LogP contribution >= 0.6 is 0 Å². The Bertz CT molecular complexity index is 761. The fraction of sp³-hybridized carbons (Fsp3) is 0.440. The van der Waals surface area contributed by atoms with Crippen LogP contribution in [0.5, 0.6) is 0 Å². The Morgan fingerprint density at radius 3 is 2.11 bits per heavy atom. The molecule has 0 spiro atoms. The third-order valence-corrected chi connectivity index (χ3v) is 5.90. The molecule has 0 atom stereocenters. The van der Waals surface area contributed by atoms with E-state index >= 15 is 0 Å². The smallest absolute Gasteiger partial charge is 0.194 e. The minimum atomic E-state index is -1.43. The molecule has 0 nitrogen and oxygen atoms in total. The van der Waals surface area contributed by atoms with E-state index in [1.807, 2.05) is 24.3 Å². The average molecular weight is 387 g/mol. The van der Waals surface area contributed by atoms with Crippen LogP contribution in [0, 0.1) is 29.3 Å². The Hall–Kier alpha value is -2.03. The molecule has 0 aromatic heterocycles. The quantitative estimate of drug-likeness (QED) is 0.332. The fourth-order valence-corrected chi connectivity index (χ4v) is 4.11. The molecule has 0 unspecified atom stereocenters. The second kappa shape index (κ2) is 9.95. The molecular weight excluding hydrogens is 357 g/mol. The number of halogens is 3. The summed E-state index contributed by atoms with van der Waals surface area (Å²) in [4.78, 5) is 0. The Kier molecular flexibility index (Phi) is 7.36. The predicted octanol–water partition coefficient (Wildman–Crippen LogP) is 8.17. The van der Waals surface area contributed by atoms with Crippen molar-refractivity contribution in [1.82, 2.24) is 0 Å². The zero-order valence-corrected chi connectivity index (χ0v) is 16.6. The molecule has 0 N–H and O–H groups in total. The molecule has 3 rings (SSSR count). The molecule has 1 fully saturated rings. The first-order valence-corrected chi connectivity index (χ1v) is 10.5. The van der Waals surface area contributed by atoms with Gasteiger partial charge in [-0.3, -0.25) is 0 Å². The molecule has 1 saturated carbocycles. The van der Waals surface area contributed by atoms with Crippen LogP contribution in [-0.2, 0) is 0 Å². The van der Waals surface area contributed by atoms with Crippen molar-refractivity contribution < 1.29 is 13.2 Å². The van der Waals surface area contributed by atoms with Crippen molar-refractivity contribution in [3.05, 3.63) is 65.5 Å². The molecule has 3 heteroatoms. The molecule has 0 saturated heterocycles. The van der Waals surface area contributed by atoms with Crippen LogP contribution in [0.3, 0.4) is 0 Å². The molecule has 1 aliphatic carbocycles. The van der Waals surface area contributed by atoms with Gasteiger partial charge in [0.25, 0.3) is 0 Å². The van der Waals surface area contributed by atoms with E-state index in [9.17, 15) is 13.2 Å². The lowest BCUT2D eigenvalue weighted by Gasteiger charge is -2.26. The average Bonchev–Trinajstić information content (AvgIpc) is 2.71. The van der Waals surface area contributed by atoms with Crippen LogP contribution in [0.2, 0.25) is 0 Å². The maximum absolute atomic E-state index is 13.4. The molecule has 150 valence electrons. The summed E-state index contributed by atoms with van der Waals surface area (Å²) in [6.45, 7) is 2.25. The van der Waals surface area contributed by atoms with Gasteiger partial charge in [0.1, 0.15) is 0 Å². The largest absolute Gasteiger partial charge is 0.204 e. The third kappa shape index (κ3) is 5.50. The van der Waals surface area contributed by atoms with Gasteiger partial charge in [-0.1, -0.05) is 69.0 Å². The lowest BCUT2D eigenvalue weighted by atomic mass is 9.79. The zero-order chi connectivity index (χ0) is 19.9. The number of hydrogen-bond acceptors (Lipinski definition) is 0. The molecular formula is C25H29F3. The molecule has 28 heavy (non-hydrogen) atoms. The van der Waals surface area contributed by atoms with E-state index in [0.717, 1.165) is 23.6 Å². The van der Waals surface area contributed by atoms with Gasteiger partial charge in [-0.15, -0.1) is 0 Å². The lowest BCUT2D eigenvalue weighted by Crippen LogP contribution is -2.12. The van der Waals surface area contributed by atoms with Crippen molar-refractivity contribution >= 4 is 6.08 Å². The molecule has 0 radical (unpaired) electrons. The summed E-state index contributed by atoms with van der Waals surface area (Å²) in [5.74, 6) is -2.20. The first-order chi connectivity index (χ1) is 13.6. The van der Waals surface area contributed by atoms with Gasteiger partial charge in [0, 0.05) is 0 Å². The Morgan fingerprint density at radius 1 is 0.857 bits per heavy atom. The van der Waals surface area contributed by atoms with Crippen LogP contribution < -0.4 is 0 Å². The Balaban J connectivity index is 1.55. The van der Waals surface area contributed by atoms with Crippen molar-refractivity contribution in [2.75, 3.05) is 0 Å². The number of rotatable bonds is 7. The second-order valence-electron chi connectivity index (χ2n) is 8.01. The van der Waals surface area contributed by atoms with E-state index in [1.165, 1.54) is 51.4 Å². The van der Waals surface area contributed by atoms with E-state index in [-0.39, 0.29) is 0 Å². The number of hydrogen-bond donors (Lipinski definition) is 0.